The summed E-state index contributed by atoms with van der Waals surface area (Å²) in [7, 11) is 0. The number of anilines is 1. The number of nitrogens with one attached hydrogen (secondary N) is 1. The van der Waals surface area contributed by atoms with E-state index in [0.29, 0.717) is 5.69 Å². The van der Waals surface area contributed by atoms with Crippen LogP contribution in [0.4, 0.5) is 15.8 Å². The number of nitrogens with zero attached hydrogens (tertiary/aromatic N) is 1. The van der Waals surface area contributed by atoms with Gasteiger partial charge in [0.25, 0.3) is 0 Å². The van der Waals surface area contributed by atoms with Crippen molar-refractivity contribution in [3.8, 4) is 0 Å². The van der Waals surface area contributed by atoms with Crippen molar-refractivity contribution < 1.29 is 9.31 Å². The highest BCUT2D eigenvalue weighted by Crippen LogP contribution is 2.21. The molecule has 94 valence electrons. The molecule has 0 aliphatic carbocycles. The van der Waals surface area contributed by atoms with Crippen LogP contribution in [0, 0.1) is 15.9 Å². The van der Waals surface area contributed by atoms with E-state index in [0.717, 1.165) is 19.3 Å². The van der Waals surface area contributed by atoms with Crippen LogP contribution in [0.3, 0.4) is 0 Å². The molecule has 0 bridgehead atoms. The molecule has 0 radical (unpaired) electrons. The summed E-state index contributed by atoms with van der Waals surface area (Å²) >= 11 is 0. The van der Waals surface area contributed by atoms with E-state index in [9.17, 15) is 14.5 Å². The second kappa shape index (κ2) is 6.18. The van der Waals surface area contributed by atoms with E-state index in [4.69, 9.17) is 0 Å². The number of rotatable bonds is 6. The van der Waals surface area contributed by atoms with Gasteiger partial charge in [0.05, 0.1) is 4.92 Å². The molecular formula is C12H17FN2O2. The monoisotopic (exact) mass is 240 g/mol. The number of hydrogen-bond donors (Lipinski definition) is 1. The van der Waals surface area contributed by atoms with Crippen LogP contribution >= 0.6 is 0 Å². The number of halogens is 1. The molecule has 0 fully saturated rings. The number of nitro groups is 1. The first-order chi connectivity index (χ1) is 8.04. The van der Waals surface area contributed by atoms with Crippen LogP contribution in [-0.4, -0.2) is 11.0 Å². The van der Waals surface area contributed by atoms with Gasteiger partial charge in [0.2, 0.25) is 5.82 Å². The van der Waals surface area contributed by atoms with Crippen LogP contribution in [0.5, 0.6) is 0 Å². The van der Waals surface area contributed by atoms with Crippen molar-refractivity contribution >= 4 is 11.4 Å². The molecule has 0 amide bonds. The van der Waals surface area contributed by atoms with Crippen molar-refractivity contribution in [3.05, 3.63) is 34.1 Å². The SMILES string of the molecule is CCCCC(C)Nc1ccc([N+](=O)[O-])c(F)c1. The van der Waals surface area contributed by atoms with E-state index < -0.39 is 16.4 Å². The van der Waals surface area contributed by atoms with Crippen LogP contribution < -0.4 is 5.32 Å². The smallest absolute Gasteiger partial charge is 0.304 e. The second-order valence-electron chi connectivity index (χ2n) is 4.11. The van der Waals surface area contributed by atoms with E-state index in [1.165, 1.54) is 18.2 Å². The average molecular weight is 240 g/mol. The summed E-state index contributed by atoms with van der Waals surface area (Å²) in [6, 6.07) is 4.12. The zero-order chi connectivity index (χ0) is 12.8. The van der Waals surface area contributed by atoms with Crippen molar-refractivity contribution in [2.75, 3.05) is 5.32 Å². The molecule has 1 atom stereocenters. The van der Waals surface area contributed by atoms with Crippen LogP contribution in [0.1, 0.15) is 33.1 Å². The highest BCUT2D eigenvalue weighted by Gasteiger charge is 2.14. The van der Waals surface area contributed by atoms with E-state index >= 15 is 0 Å². The van der Waals surface area contributed by atoms with Gasteiger partial charge in [0.15, 0.2) is 0 Å². The van der Waals surface area contributed by atoms with E-state index in [1.807, 2.05) is 6.92 Å². The molecule has 0 saturated heterocycles. The Morgan fingerprint density at radius 3 is 2.76 bits per heavy atom. The van der Waals surface area contributed by atoms with Gasteiger partial charge in [-0.1, -0.05) is 19.8 Å². The fourth-order valence-corrected chi connectivity index (χ4v) is 1.61. The van der Waals surface area contributed by atoms with Crippen molar-refractivity contribution in [1.82, 2.24) is 0 Å². The molecule has 0 spiro atoms. The number of unbranched alkanes of at least 4 members (excludes halogenated alkanes) is 1. The fraction of sp³-hybridized carbons (Fsp3) is 0.500. The van der Waals surface area contributed by atoms with Crippen molar-refractivity contribution in [3.63, 3.8) is 0 Å². The third-order valence-electron chi connectivity index (χ3n) is 2.55. The summed E-state index contributed by atoms with van der Waals surface area (Å²) < 4.78 is 13.3. The average Bonchev–Trinajstić information content (AvgIpc) is 2.26. The molecular weight excluding hydrogens is 223 g/mol. The van der Waals surface area contributed by atoms with Crippen LogP contribution in [0.25, 0.3) is 0 Å². The summed E-state index contributed by atoms with van der Waals surface area (Å²) in [5, 5.41) is 13.6. The molecule has 4 nitrogen and oxygen atoms in total. The Bertz CT molecular complexity index is 396. The predicted molar refractivity (Wildman–Crippen MR) is 65.7 cm³/mol. The Morgan fingerprint density at radius 1 is 1.53 bits per heavy atom. The van der Waals surface area contributed by atoms with Gasteiger partial charge in [-0.3, -0.25) is 10.1 Å². The van der Waals surface area contributed by atoms with E-state index in [-0.39, 0.29) is 6.04 Å². The quantitative estimate of drug-likeness (QED) is 0.609. The Balaban J connectivity index is 2.67. The van der Waals surface area contributed by atoms with Gasteiger partial charge < -0.3 is 5.32 Å². The lowest BCUT2D eigenvalue weighted by atomic mass is 10.1. The molecule has 1 aromatic rings. The lowest BCUT2D eigenvalue weighted by molar-refractivity contribution is -0.387. The molecule has 1 aromatic carbocycles. The first-order valence-corrected chi connectivity index (χ1v) is 5.75. The summed E-state index contributed by atoms with van der Waals surface area (Å²) in [5.41, 5.74) is 0.0912. The molecule has 1 N–H and O–H groups in total. The van der Waals surface area contributed by atoms with Crippen molar-refractivity contribution in [2.45, 2.75) is 39.2 Å². The molecule has 0 aliphatic rings. The number of nitro benzene ring substituents is 1. The maximum atomic E-state index is 13.3. The molecule has 17 heavy (non-hydrogen) atoms. The topological polar surface area (TPSA) is 55.2 Å². The van der Waals surface area contributed by atoms with Gasteiger partial charge in [-0.05, 0) is 19.4 Å². The van der Waals surface area contributed by atoms with Gasteiger partial charge in [0.1, 0.15) is 0 Å². The highest BCUT2D eigenvalue weighted by atomic mass is 19.1. The van der Waals surface area contributed by atoms with Crippen molar-refractivity contribution in [2.24, 2.45) is 0 Å². The second-order valence-corrected chi connectivity index (χ2v) is 4.11. The fourth-order valence-electron chi connectivity index (χ4n) is 1.61. The Kier molecular flexibility index (Phi) is 4.87. The third kappa shape index (κ3) is 4.01. The normalized spacial score (nSPS) is 12.2. The number of hydrogen-bond acceptors (Lipinski definition) is 3. The lowest BCUT2D eigenvalue weighted by Crippen LogP contribution is -2.14. The predicted octanol–water partition coefficient (Wildman–Crippen LogP) is 3.72. The highest BCUT2D eigenvalue weighted by molar-refractivity contribution is 5.50. The van der Waals surface area contributed by atoms with Crippen molar-refractivity contribution in [1.29, 1.82) is 0 Å². The molecule has 0 aliphatic heterocycles. The van der Waals surface area contributed by atoms with Gasteiger partial charge in [-0.2, -0.15) is 4.39 Å². The summed E-state index contributed by atoms with van der Waals surface area (Å²) in [4.78, 5) is 9.72. The zero-order valence-electron chi connectivity index (χ0n) is 10.1. The minimum absolute atomic E-state index is 0.232. The van der Waals surface area contributed by atoms with Crippen LogP contribution in [0.2, 0.25) is 0 Å². The molecule has 5 heteroatoms. The zero-order valence-corrected chi connectivity index (χ0v) is 10.1. The summed E-state index contributed by atoms with van der Waals surface area (Å²) in [6.07, 6.45) is 3.21. The maximum absolute atomic E-state index is 13.3. The van der Waals surface area contributed by atoms with Gasteiger partial charge in [-0.25, -0.2) is 0 Å². The van der Waals surface area contributed by atoms with E-state index in [1.54, 1.807) is 0 Å². The molecule has 1 rings (SSSR count). The molecule has 1 unspecified atom stereocenters. The third-order valence-corrected chi connectivity index (χ3v) is 2.55. The van der Waals surface area contributed by atoms with Crippen LogP contribution in [-0.2, 0) is 0 Å². The minimum Gasteiger partial charge on any atom is -0.383 e. The standard InChI is InChI=1S/C12H17FN2O2/c1-3-4-5-9(2)14-10-6-7-12(15(16)17)11(13)8-10/h6-9,14H,3-5H2,1-2H3. The van der Waals surface area contributed by atoms with Gasteiger partial charge in [-0.15, -0.1) is 0 Å². The summed E-state index contributed by atoms with van der Waals surface area (Å²) in [6.45, 7) is 4.12. The Hall–Kier alpha value is -1.65. The number of benzene rings is 1. The maximum Gasteiger partial charge on any atom is 0.304 e. The van der Waals surface area contributed by atoms with E-state index in [2.05, 4.69) is 12.2 Å². The van der Waals surface area contributed by atoms with Crippen LogP contribution in [0.15, 0.2) is 18.2 Å². The first-order valence-electron chi connectivity index (χ1n) is 5.75. The molecule has 0 saturated carbocycles. The van der Waals surface area contributed by atoms with Gasteiger partial charge in [0, 0.05) is 23.9 Å². The largest absolute Gasteiger partial charge is 0.383 e. The summed E-state index contributed by atoms with van der Waals surface area (Å²) in [5.74, 6) is -0.803. The first kappa shape index (κ1) is 13.4. The molecule has 0 aromatic heterocycles. The Morgan fingerprint density at radius 2 is 2.24 bits per heavy atom. The lowest BCUT2D eigenvalue weighted by Gasteiger charge is -2.14. The van der Waals surface area contributed by atoms with Gasteiger partial charge >= 0.3 is 5.69 Å². The Labute approximate surface area is 100.0 Å². The minimum atomic E-state index is -0.803. The molecule has 0 heterocycles.